The van der Waals surface area contributed by atoms with Crippen molar-refractivity contribution in [3.8, 4) is 0 Å². The molecule has 1 unspecified atom stereocenters. The lowest BCUT2D eigenvalue weighted by Gasteiger charge is -2.23. The molecule has 2 rings (SSSR count). The number of furan rings is 1. The molecule has 0 N–H and O–H groups in total. The first-order valence-corrected chi connectivity index (χ1v) is 7.30. The molecule has 0 saturated carbocycles. The molecule has 1 aromatic heterocycles. The van der Waals surface area contributed by atoms with E-state index in [9.17, 15) is 4.79 Å². The Hall–Kier alpha value is -1.68. The molecule has 0 fully saturated rings. The summed E-state index contributed by atoms with van der Waals surface area (Å²) in [7, 11) is 1.79. The Morgan fingerprint density at radius 2 is 1.95 bits per heavy atom. The fourth-order valence-corrected chi connectivity index (χ4v) is 2.24. The Balaban J connectivity index is 2.14. The topological polar surface area (TPSA) is 33.5 Å². The third-order valence-electron chi connectivity index (χ3n) is 3.19. The molecular weight excluding hydrogens is 258 g/mol. The summed E-state index contributed by atoms with van der Waals surface area (Å²) in [5.41, 5.74) is 0.693. The Morgan fingerprint density at radius 3 is 2.47 bits per heavy atom. The van der Waals surface area contributed by atoms with Crippen molar-refractivity contribution in [1.82, 2.24) is 4.90 Å². The normalized spacial score (nSPS) is 12.2. The lowest BCUT2D eigenvalue weighted by molar-refractivity contribution is 0.0726. The molecule has 1 atom stereocenters. The number of benzene rings is 1. The Labute approximate surface area is 117 Å². The zero-order valence-electron chi connectivity index (χ0n) is 11.3. The van der Waals surface area contributed by atoms with Crippen molar-refractivity contribution >= 4 is 17.7 Å². The molecule has 1 amide bonds. The summed E-state index contributed by atoms with van der Waals surface area (Å²) in [6.07, 6.45) is 3.64. The maximum atomic E-state index is 12.4. The zero-order valence-corrected chi connectivity index (χ0v) is 12.1. The summed E-state index contributed by atoms with van der Waals surface area (Å²) < 4.78 is 5.34. The molecule has 1 heterocycles. The molecular formula is C15H17NO2S. The van der Waals surface area contributed by atoms with Crippen molar-refractivity contribution in [2.45, 2.75) is 17.9 Å². The molecule has 2 aromatic rings. The van der Waals surface area contributed by atoms with Gasteiger partial charge in [0, 0.05) is 17.5 Å². The van der Waals surface area contributed by atoms with Crippen LogP contribution >= 0.6 is 11.8 Å². The van der Waals surface area contributed by atoms with Crippen LogP contribution in [0.1, 0.15) is 29.1 Å². The van der Waals surface area contributed by atoms with Crippen LogP contribution in [0.2, 0.25) is 0 Å². The number of amides is 1. The van der Waals surface area contributed by atoms with Crippen molar-refractivity contribution in [2.24, 2.45) is 0 Å². The van der Waals surface area contributed by atoms with Gasteiger partial charge in [-0.15, -0.1) is 11.8 Å². The average molecular weight is 275 g/mol. The van der Waals surface area contributed by atoms with Gasteiger partial charge in [0.1, 0.15) is 5.76 Å². The minimum Gasteiger partial charge on any atom is -0.467 e. The van der Waals surface area contributed by atoms with Gasteiger partial charge in [-0.2, -0.15) is 0 Å². The second kappa shape index (κ2) is 5.97. The van der Waals surface area contributed by atoms with Gasteiger partial charge in [0.05, 0.1) is 12.3 Å². The molecule has 19 heavy (non-hydrogen) atoms. The van der Waals surface area contributed by atoms with E-state index in [1.807, 2.05) is 49.6 Å². The van der Waals surface area contributed by atoms with Gasteiger partial charge < -0.3 is 9.32 Å². The van der Waals surface area contributed by atoms with Crippen LogP contribution in [0.4, 0.5) is 0 Å². The Kier molecular flexibility index (Phi) is 4.32. The molecule has 0 radical (unpaired) electrons. The summed E-state index contributed by atoms with van der Waals surface area (Å²) in [5.74, 6) is 0.785. The Morgan fingerprint density at radius 1 is 1.26 bits per heavy atom. The van der Waals surface area contributed by atoms with Gasteiger partial charge in [-0.1, -0.05) is 0 Å². The quantitative estimate of drug-likeness (QED) is 0.795. The van der Waals surface area contributed by atoms with E-state index in [1.54, 1.807) is 30.0 Å². The standard InChI is InChI=1S/C15H17NO2S/c1-11(14-5-4-10-18-14)16(2)15(17)12-6-8-13(19-3)9-7-12/h4-11H,1-3H3. The minimum atomic E-state index is -0.0808. The second-order valence-electron chi connectivity index (χ2n) is 4.34. The van der Waals surface area contributed by atoms with E-state index in [1.165, 1.54) is 0 Å². The first kappa shape index (κ1) is 13.7. The van der Waals surface area contributed by atoms with Crippen LogP contribution < -0.4 is 0 Å². The van der Waals surface area contributed by atoms with Gasteiger partial charge >= 0.3 is 0 Å². The SMILES string of the molecule is CSc1ccc(C(=O)N(C)C(C)c2ccco2)cc1. The van der Waals surface area contributed by atoms with Crippen LogP contribution in [-0.2, 0) is 0 Å². The molecule has 0 bridgehead atoms. The largest absolute Gasteiger partial charge is 0.467 e. The number of hydrogen-bond acceptors (Lipinski definition) is 3. The first-order valence-electron chi connectivity index (χ1n) is 6.08. The molecule has 0 spiro atoms. The monoisotopic (exact) mass is 275 g/mol. The lowest BCUT2D eigenvalue weighted by atomic mass is 10.1. The molecule has 100 valence electrons. The van der Waals surface area contributed by atoms with Crippen LogP contribution in [-0.4, -0.2) is 24.1 Å². The lowest BCUT2D eigenvalue weighted by Crippen LogP contribution is -2.29. The third kappa shape index (κ3) is 3.01. The Bertz CT molecular complexity index is 534. The molecule has 4 heteroatoms. The summed E-state index contributed by atoms with van der Waals surface area (Å²) in [5, 5.41) is 0. The highest BCUT2D eigenvalue weighted by Crippen LogP contribution is 2.22. The van der Waals surface area contributed by atoms with Gasteiger partial charge in [-0.25, -0.2) is 0 Å². The van der Waals surface area contributed by atoms with E-state index < -0.39 is 0 Å². The highest BCUT2D eigenvalue weighted by Gasteiger charge is 2.20. The van der Waals surface area contributed by atoms with Crippen molar-refractivity contribution in [1.29, 1.82) is 0 Å². The predicted octanol–water partition coefficient (Wildman–Crippen LogP) is 3.83. The smallest absolute Gasteiger partial charge is 0.254 e. The van der Waals surface area contributed by atoms with Gasteiger partial charge in [0.15, 0.2) is 0 Å². The molecule has 0 saturated heterocycles. The van der Waals surface area contributed by atoms with Crippen molar-refractivity contribution in [3.05, 3.63) is 54.0 Å². The fraction of sp³-hybridized carbons (Fsp3) is 0.267. The van der Waals surface area contributed by atoms with E-state index in [4.69, 9.17) is 4.42 Å². The maximum absolute atomic E-state index is 12.4. The van der Waals surface area contributed by atoms with E-state index in [0.717, 1.165) is 10.7 Å². The first-order chi connectivity index (χ1) is 9.13. The molecule has 0 aliphatic rings. The second-order valence-corrected chi connectivity index (χ2v) is 5.22. The highest BCUT2D eigenvalue weighted by atomic mass is 32.2. The van der Waals surface area contributed by atoms with Crippen LogP contribution in [0.3, 0.4) is 0 Å². The van der Waals surface area contributed by atoms with Gasteiger partial charge in [0.25, 0.3) is 5.91 Å². The number of carbonyl (C=O) groups is 1. The molecule has 3 nitrogen and oxygen atoms in total. The number of thioether (sulfide) groups is 1. The van der Waals surface area contributed by atoms with Crippen LogP contribution in [0.25, 0.3) is 0 Å². The molecule has 0 aliphatic heterocycles. The number of hydrogen-bond donors (Lipinski definition) is 0. The summed E-state index contributed by atoms with van der Waals surface area (Å²) in [4.78, 5) is 15.2. The number of rotatable bonds is 4. The summed E-state index contributed by atoms with van der Waals surface area (Å²) in [6.45, 7) is 1.95. The average Bonchev–Trinajstić information content (AvgIpc) is 2.99. The van der Waals surface area contributed by atoms with Gasteiger partial charge in [-0.05, 0) is 49.6 Å². The molecule has 0 aliphatic carbocycles. The van der Waals surface area contributed by atoms with Gasteiger partial charge in [-0.3, -0.25) is 4.79 Å². The van der Waals surface area contributed by atoms with E-state index in [-0.39, 0.29) is 11.9 Å². The van der Waals surface area contributed by atoms with Gasteiger partial charge in [0.2, 0.25) is 0 Å². The predicted molar refractivity (Wildman–Crippen MR) is 77.4 cm³/mol. The fourth-order valence-electron chi connectivity index (χ4n) is 1.83. The van der Waals surface area contributed by atoms with Crippen LogP contribution in [0, 0.1) is 0 Å². The zero-order chi connectivity index (χ0) is 13.8. The number of nitrogens with zero attached hydrogens (tertiary/aromatic N) is 1. The third-order valence-corrected chi connectivity index (χ3v) is 3.94. The highest BCUT2D eigenvalue weighted by molar-refractivity contribution is 7.98. The van der Waals surface area contributed by atoms with E-state index in [0.29, 0.717) is 5.56 Å². The van der Waals surface area contributed by atoms with E-state index >= 15 is 0 Å². The number of carbonyl (C=O) groups excluding carboxylic acids is 1. The van der Waals surface area contributed by atoms with Crippen molar-refractivity contribution in [2.75, 3.05) is 13.3 Å². The summed E-state index contributed by atoms with van der Waals surface area (Å²) in [6, 6.07) is 11.3. The van der Waals surface area contributed by atoms with Crippen LogP contribution in [0.5, 0.6) is 0 Å². The molecule has 1 aromatic carbocycles. The van der Waals surface area contributed by atoms with Crippen molar-refractivity contribution < 1.29 is 9.21 Å². The van der Waals surface area contributed by atoms with E-state index in [2.05, 4.69) is 0 Å². The summed E-state index contributed by atoms with van der Waals surface area (Å²) >= 11 is 1.66. The minimum absolute atomic E-state index is 0.00319. The van der Waals surface area contributed by atoms with Crippen molar-refractivity contribution in [3.63, 3.8) is 0 Å². The maximum Gasteiger partial charge on any atom is 0.254 e. The van der Waals surface area contributed by atoms with Crippen LogP contribution in [0.15, 0.2) is 52.0 Å².